The zero-order valence-corrected chi connectivity index (χ0v) is 14.1. The molecule has 1 aliphatic heterocycles. The van der Waals surface area contributed by atoms with Crippen molar-refractivity contribution in [3.8, 4) is 40.1 Å². The van der Waals surface area contributed by atoms with E-state index in [0.717, 1.165) is 5.56 Å². The topological polar surface area (TPSA) is 110 Å². The summed E-state index contributed by atoms with van der Waals surface area (Å²) in [6.45, 7) is 2.06. The number of rotatable bonds is 2. The molecule has 0 amide bonds. The maximum absolute atomic E-state index is 12.5. The van der Waals surface area contributed by atoms with E-state index < -0.39 is 5.56 Å². The summed E-state index contributed by atoms with van der Waals surface area (Å²) < 4.78 is 15.9. The van der Waals surface area contributed by atoms with Crippen molar-refractivity contribution in [3.63, 3.8) is 0 Å². The maximum atomic E-state index is 12.5. The molecule has 0 unspecified atom stereocenters. The van der Waals surface area contributed by atoms with Crippen LogP contribution in [0.5, 0.6) is 17.2 Å². The minimum Gasteiger partial charge on any atom is -0.506 e. The van der Waals surface area contributed by atoms with Crippen molar-refractivity contribution in [1.82, 2.24) is 15.1 Å². The normalized spacial score (nSPS) is 12.6. The number of nitrogens with one attached hydrogen (secondary N) is 1. The van der Waals surface area contributed by atoms with Crippen LogP contribution in [0.3, 0.4) is 0 Å². The van der Waals surface area contributed by atoms with Crippen molar-refractivity contribution in [2.24, 2.45) is 0 Å². The fraction of sp³-hybridized carbons (Fsp3) is 0.105. The molecule has 1 aliphatic rings. The summed E-state index contributed by atoms with van der Waals surface area (Å²) in [5, 5.41) is 15.1. The first kappa shape index (κ1) is 15.4. The summed E-state index contributed by atoms with van der Waals surface area (Å²) in [5.41, 5.74) is 1.55. The van der Waals surface area contributed by atoms with Crippen LogP contribution >= 0.6 is 0 Å². The van der Waals surface area contributed by atoms with Crippen LogP contribution in [0.2, 0.25) is 0 Å². The van der Waals surface area contributed by atoms with E-state index >= 15 is 0 Å². The molecule has 0 bridgehead atoms. The van der Waals surface area contributed by atoms with Gasteiger partial charge in [0.1, 0.15) is 11.3 Å². The molecule has 8 nitrogen and oxygen atoms in total. The van der Waals surface area contributed by atoms with Crippen LogP contribution in [0.25, 0.3) is 33.7 Å². The van der Waals surface area contributed by atoms with Crippen molar-refractivity contribution in [1.29, 1.82) is 0 Å². The monoisotopic (exact) mass is 363 g/mol. The summed E-state index contributed by atoms with van der Waals surface area (Å²) in [4.78, 5) is 19.5. The molecule has 3 heterocycles. The molecule has 2 aromatic carbocycles. The second-order valence-corrected chi connectivity index (χ2v) is 6.22. The molecule has 0 aliphatic carbocycles. The van der Waals surface area contributed by atoms with Gasteiger partial charge in [-0.15, -0.1) is 0 Å². The minimum absolute atomic E-state index is 0.0624. The van der Waals surface area contributed by atoms with Gasteiger partial charge in [0.15, 0.2) is 11.5 Å². The van der Waals surface area contributed by atoms with Crippen LogP contribution in [0.1, 0.15) is 5.56 Å². The Balaban J connectivity index is 1.63. The van der Waals surface area contributed by atoms with E-state index in [9.17, 15) is 9.90 Å². The Morgan fingerprint density at radius 1 is 1.11 bits per heavy atom. The van der Waals surface area contributed by atoms with Gasteiger partial charge in [0.05, 0.1) is 5.52 Å². The third-order valence-electron chi connectivity index (χ3n) is 4.41. The Morgan fingerprint density at radius 2 is 1.96 bits per heavy atom. The van der Waals surface area contributed by atoms with Gasteiger partial charge in [-0.25, -0.2) is 0 Å². The van der Waals surface area contributed by atoms with Gasteiger partial charge in [-0.3, -0.25) is 4.79 Å². The first-order valence-corrected chi connectivity index (χ1v) is 8.20. The molecule has 0 atom stereocenters. The first-order chi connectivity index (χ1) is 13.1. The van der Waals surface area contributed by atoms with Gasteiger partial charge in [0.25, 0.3) is 11.4 Å². The smallest absolute Gasteiger partial charge is 0.267 e. The Hall–Kier alpha value is -3.81. The number of H-pyrrole nitrogens is 1. The zero-order valence-electron chi connectivity index (χ0n) is 14.1. The highest BCUT2D eigenvalue weighted by molar-refractivity contribution is 5.90. The van der Waals surface area contributed by atoms with Gasteiger partial charge in [0, 0.05) is 10.9 Å². The Morgan fingerprint density at radius 3 is 2.85 bits per heavy atom. The maximum Gasteiger partial charge on any atom is 0.267 e. The molecule has 0 fully saturated rings. The Labute approximate surface area is 152 Å². The molecule has 0 saturated carbocycles. The molecule has 4 aromatic rings. The number of aromatic nitrogens is 3. The van der Waals surface area contributed by atoms with Gasteiger partial charge in [-0.2, -0.15) is 4.98 Å². The summed E-state index contributed by atoms with van der Waals surface area (Å²) in [5.74, 6) is 1.23. The lowest BCUT2D eigenvalue weighted by Crippen LogP contribution is -2.09. The minimum atomic E-state index is -0.510. The molecule has 27 heavy (non-hydrogen) atoms. The fourth-order valence-electron chi connectivity index (χ4n) is 3.07. The van der Waals surface area contributed by atoms with E-state index in [-0.39, 0.29) is 29.8 Å². The highest BCUT2D eigenvalue weighted by Crippen LogP contribution is 2.36. The van der Waals surface area contributed by atoms with Crippen molar-refractivity contribution in [2.75, 3.05) is 6.79 Å². The predicted octanol–water partition coefficient (Wildman–Crippen LogP) is 2.99. The number of pyridine rings is 1. The molecule has 134 valence electrons. The molecule has 0 radical (unpaired) electrons. The first-order valence-electron chi connectivity index (χ1n) is 8.20. The van der Waals surface area contributed by atoms with E-state index in [1.165, 1.54) is 0 Å². The largest absolute Gasteiger partial charge is 0.506 e. The second-order valence-electron chi connectivity index (χ2n) is 6.22. The number of ether oxygens (including phenoxy) is 2. The van der Waals surface area contributed by atoms with E-state index in [1.807, 2.05) is 13.0 Å². The molecule has 0 saturated heterocycles. The number of aryl methyl sites for hydroxylation is 1. The molecule has 5 rings (SSSR count). The molecular weight excluding hydrogens is 350 g/mol. The number of aromatic amines is 1. The summed E-state index contributed by atoms with van der Waals surface area (Å²) in [7, 11) is 0. The number of benzene rings is 2. The van der Waals surface area contributed by atoms with Crippen LogP contribution in [-0.2, 0) is 0 Å². The average Bonchev–Trinajstić information content (AvgIpc) is 3.31. The summed E-state index contributed by atoms with van der Waals surface area (Å²) in [6, 6.07) is 10.6. The molecule has 8 heteroatoms. The molecule has 2 aromatic heterocycles. The average molecular weight is 363 g/mol. The van der Waals surface area contributed by atoms with Gasteiger partial charge in [0.2, 0.25) is 12.6 Å². The van der Waals surface area contributed by atoms with Crippen molar-refractivity contribution < 1.29 is 19.1 Å². The van der Waals surface area contributed by atoms with E-state index in [4.69, 9.17) is 14.0 Å². The summed E-state index contributed by atoms with van der Waals surface area (Å²) in [6.07, 6.45) is 0. The van der Waals surface area contributed by atoms with Gasteiger partial charge >= 0.3 is 0 Å². The lowest BCUT2D eigenvalue weighted by Gasteiger charge is -2.05. The van der Waals surface area contributed by atoms with Gasteiger partial charge < -0.3 is 24.1 Å². The number of aromatic hydroxyl groups is 1. The highest BCUT2D eigenvalue weighted by Gasteiger charge is 2.22. The standard InChI is InChI=1S/C19H13N3O5/c1-9-2-4-12-11(6-9)16(23)15(18(24)20-12)19-21-17(22-27-19)10-3-5-13-14(7-10)26-8-25-13/h2-7H,8H2,1H3,(H2,20,23,24). The van der Waals surface area contributed by atoms with Crippen molar-refractivity contribution >= 4 is 10.9 Å². The van der Waals surface area contributed by atoms with Crippen molar-refractivity contribution in [2.45, 2.75) is 6.92 Å². The van der Waals surface area contributed by atoms with Crippen LogP contribution < -0.4 is 15.0 Å². The summed E-state index contributed by atoms with van der Waals surface area (Å²) >= 11 is 0. The van der Waals surface area contributed by atoms with Gasteiger partial charge in [-0.1, -0.05) is 16.8 Å². The predicted molar refractivity (Wildman–Crippen MR) is 95.8 cm³/mol. The number of hydrogen-bond acceptors (Lipinski definition) is 7. The molecule has 0 spiro atoms. The highest BCUT2D eigenvalue weighted by atomic mass is 16.7. The van der Waals surface area contributed by atoms with E-state index in [1.54, 1.807) is 30.3 Å². The number of hydrogen-bond donors (Lipinski definition) is 2. The third-order valence-corrected chi connectivity index (χ3v) is 4.41. The molecule has 2 N–H and O–H groups in total. The fourth-order valence-corrected chi connectivity index (χ4v) is 3.07. The number of fused-ring (bicyclic) bond motifs is 2. The SMILES string of the molecule is Cc1ccc2[nH]c(=O)c(-c3nc(-c4ccc5c(c4)OCO5)no3)c(O)c2c1. The lowest BCUT2D eigenvalue weighted by atomic mass is 10.1. The van der Waals surface area contributed by atoms with Crippen LogP contribution in [0.15, 0.2) is 45.7 Å². The number of nitrogens with zero attached hydrogens (tertiary/aromatic N) is 2. The Bertz CT molecular complexity index is 1260. The third kappa shape index (κ3) is 2.42. The van der Waals surface area contributed by atoms with Gasteiger partial charge in [-0.05, 0) is 37.3 Å². The van der Waals surface area contributed by atoms with Crippen LogP contribution in [-0.4, -0.2) is 27.0 Å². The van der Waals surface area contributed by atoms with E-state index in [2.05, 4.69) is 15.1 Å². The lowest BCUT2D eigenvalue weighted by molar-refractivity contribution is 0.174. The van der Waals surface area contributed by atoms with Crippen LogP contribution in [0.4, 0.5) is 0 Å². The molecular formula is C19H13N3O5. The van der Waals surface area contributed by atoms with Crippen molar-refractivity contribution in [3.05, 3.63) is 52.3 Å². The second kappa shape index (κ2) is 5.60. The zero-order chi connectivity index (χ0) is 18.5. The Kier molecular flexibility index (Phi) is 3.20. The van der Waals surface area contributed by atoms with E-state index in [0.29, 0.717) is 28.0 Å². The quantitative estimate of drug-likeness (QED) is 0.563. The van der Waals surface area contributed by atoms with Crippen LogP contribution in [0, 0.1) is 6.92 Å².